The van der Waals surface area contributed by atoms with Crippen LogP contribution in [0.5, 0.6) is 17.4 Å². The second-order valence-corrected chi connectivity index (χ2v) is 9.84. The van der Waals surface area contributed by atoms with Crippen molar-refractivity contribution in [2.45, 2.75) is 38.5 Å². The van der Waals surface area contributed by atoms with Crippen molar-refractivity contribution < 1.29 is 19.0 Å². The van der Waals surface area contributed by atoms with Crippen LogP contribution < -0.4 is 24.4 Å². The normalized spacial score (nSPS) is 19.4. The van der Waals surface area contributed by atoms with Gasteiger partial charge in [-0.15, -0.1) is 0 Å². The minimum absolute atomic E-state index is 0.00950. The Morgan fingerprint density at radius 2 is 1.88 bits per heavy atom. The smallest absolute Gasteiger partial charge is 0.226 e. The Kier molecular flexibility index (Phi) is 6.50. The highest BCUT2D eigenvalue weighted by atomic mass is 16.6. The lowest BCUT2D eigenvalue weighted by Crippen LogP contribution is -2.46. The van der Waals surface area contributed by atoms with E-state index in [1.807, 2.05) is 24.3 Å². The number of benzene rings is 1. The zero-order chi connectivity index (χ0) is 23.5. The fraction of sp³-hybridized carbons (Fsp3) is 0.538. The number of fused-ring (bicyclic) bond motifs is 2. The zero-order valence-corrected chi connectivity index (χ0v) is 20.1. The number of ether oxygens (including phenoxy) is 3. The molecule has 0 bridgehead atoms. The number of nitrogens with zero attached hydrogens (tertiary/aromatic N) is 3. The summed E-state index contributed by atoms with van der Waals surface area (Å²) in [6.07, 6.45) is 2.52. The molecule has 34 heavy (non-hydrogen) atoms. The van der Waals surface area contributed by atoms with Crippen molar-refractivity contribution in [2.75, 3.05) is 62.8 Å². The van der Waals surface area contributed by atoms with Crippen LogP contribution in [0, 0.1) is 0 Å². The molecule has 5 rings (SSSR count). The molecule has 0 spiro atoms. The molecule has 3 aliphatic rings. The van der Waals surface area contributed by atoms with Gasteiger partial charge in [-0.3, -0.25) is 9.69 Å². The van der Waals surface area contributed by atoms with E-state index in [0.29, 0.717) is 37.9 Å². The molecule has 0 saturated carbocycles. The number of piperazine rings is 1. The summed E-state index contributed by atoms with van der Waals surface area (Å²) in [6.45, 7) is 11.1. The number of unbranched alkanes of at least 4 members (excludes halogenated alkanes) is 1. The van der Waals surface area contributed by atoms with E-state index in [2.05, 4.69) is 40.0 Å². The van der Waals surface area contributed by atoms with Gasteiger partial charge >= 0.3 is 0 Å². The molecule has 8 heteroatoms. The van der Waals surface area contributed by atoms with Gasteiger partial charge in [-0.2, -0.15) is 4.98 Å². The highest BCUT2D eigenvalue weighted by Crippen LogP contribution is 2.40. The molecule has 0 unspecified atom stereocenters. The zero-order valence-electron chi connectivity index (χ0n) is 20.1. The molecule has 1 N–H and O–H groups in total. The van der Waals surface area contributed by atoms with Gasteiger partial charge < -0.3 is 24.4 Å². The van der Waals surface area contributed by atoms with Gasteiger partial charge in [0, 0.05) is 49.6 Å². The molecular formula is C26H34N4O4. The van der Waals surface area contributed by atoms with Crippen LogP contribution in [0.3, 0.4) is 0 Å². The summed E-state index contributed by atoms with van der Waals surface area (Å²) in [5.74, 6) is 2.95. The van der Waals surface area contributed by atoms with Crippen molar-refractivity contribution in [2.24, 2.45) is 0 Å². The topological polar surface area (TPSA) is 76.2 Å². The maximum atomic E-state index is 12.0. The minimum atomic E-state index is -0.201. The number of hydrogen-bond acceptors (Lipinski definition) is 7. The predicted octanol–water partition coefficient (Wildman–Crippen LogP) is 3.45. The third kappa shape index (κ3) is 4.92. The third-order valence-corrected chi connectivity index (χ3v) is 6.84. The Bertz CT molecular complexity index is 1030. The molecule has 1 fully saturated rings. The summed E-state index contributed by atoms with van der Waals surface area (Å²) in [4.78, 5) is 21.4. The Balaban J connectivity index is 1.04. The van der Waals surface area contributed by atoms with E-state index in [9.17, 15) is 4.79 Å². The quantitative estimate of drug-likeness (QED) is 0.627. The first-order valence-electron chi connectivity index (χ1n) is 12.3. The summed E-state index contributed by atoms with van der Waals surface area (Å²) in [5.41, 5.74) is 2.00. The molecule has 1 saturated heterocycles. The van der Waals surface area contributed by atoms with Crippen molar-refractivity contribution in [3.05, 3.63) is 35.9 Å². The molecule has 182 valence electrons. The van der Waals surface area contributed by atoms with Gasteiger partial charge in [0.2, 0.25) is 11.8 Å². The maximum Gasteiger partial charge on any atom is 0.226 e. The molecule has 2 aromatic rings. The summed E-state index contributed by atoms with van der Waals surface area (Å²) < 4.78 is 17.5. The average Bonchev–Trinajstić information content (AvgIpc) is 2.83. The lowest BCUT2D eigenvalue weighted by atomic mass is 9.79. The van der Waals surface area contributed by atoms with Crippen molar-refractivity contribution in [3.8, 4) is 17.4 Å². The lowest BCUT2D eigenvalue weighted by molar-refractivity contribution is -0.117. The van der Waals surface area contributed by atoms with Crippen molar-refractivity contribution in [1.82, 2.24) is 9.88 Å². The summed E-state index contributed by atoms with van der Waals surface area (Å²) in [5, 5.41) is 2.88. The number of carbonyl (C=O) groups excluding carboxylic acids is 1. The molecule has 1 amide bonds. The average molecular weight is 467 g/mol. The molecule has 1 aromatic heterocycles. The van der Waals surface area contributed by atoms with Crippen LogP contribution in [0.2, 0.25) is 0 Å². The van der Waals surface area contributed by atoms with Gasteiger partial charge in [0.15, 0.2) is 11.5 Å². The monoisotopic (exact) mass is 466 g/mol. The molecule has 3 aliphatic heterocycles. The molecule has 0 radical (unpaired) electrons. The van der Waals surface area contributed by atoms with E-state index in [0.717, 1.165) is 68.3 Å². The van der Waals surface area contributed by atoms with Gasteiger partial charge in [0.05, 0.1) is 12.3 Å². The first kappa shape index (κ1) is 22.8. The van der Waals surface area contributed by atoms with Crippen LogP contribution in [0.4, 0.5) is 11.5 Å². The van der Waals surface area contributed by atoms with Gasteiger partial charge in [-0.05, 0) is 37.6 Å². The van der Waals surface area contributed by atoms with Gasteiger partial charge in [0.1, 0.15) is 19.0 Å². The van der Waals surface area contributed by atoms with Crippen LogP contribution >= 0.6 is 0 Å². The largest absolute Gasteiger partial charge is 0.486 e. The number of rotatable bonds is 7. The first-order valence-corrected chi connectivity index (χ1v) is 12.3. The molecule has 8 nitrogen and oxygen atoms in total. The van der Waals surface area contributed by atoms with Gasteiger partial charge in [-0.1, -0.05) is 19.9 Å². The standard InChI is InChI=1S/C26H34N4O4/c1-26(2)18-22(31)27-25-19(26)8-9-23(28-25)33-15-4-3-10-29-11-13-30(14-12-29)20-6-5-7-21-24(20)34-17-16-32-21/h5-9H,3-4,10-18H2,1-2H3,(H,27,28,31). The van der Waals surface area contributed by atoms with Crippen LogP contribution in [0.1, 0.15) is 38.7 Å². The number of nitrogens with one attached hydrogen (secondary N) is 1. The second-order valence-electron chi connectivity index (χ2n) is 9.84. The Morgan fingerprint density at radius 3 is 2.74 bits per heavy atom. The number of hydrogen-bond donors (Lipinski definition) is 1. The van der Waals surface area contributed by atoms with Gasteiger partial charge in [-0.25, -0.2) is 0 Å². The van der Waals surface area contributed by atoms with Crippen molar-refractivity contribution in [1.29, 1.82) is 0 Å². The molecule has 4 heterocycles. The maximum absolute atomic E-state index is 12.0. The number of amides is 1. The fourth-order valence-corrected chi connectivity index (χ4v) is 4.97. The SMILES string of the molecule is CC1(C)CC(=O)Nc2nc(OCCCCN3CCN(c4cccc5c4OCCO5)CC3)ccc21. The van der Waals surface area contributed by atoms with E-state index in [1.165, 1.54) is 0 Å². The summed E-state index contributed by atoms with van der Waals surface area (Å²) in [6, 6.07) is 10.1. The van der Waals surface area contributed by atoms with E-state index in [-0.39, 0.29) is 11.3 Å². The summed E-state index contributed by atoms with van der Waals surface area (Å²) in [7, 11) is 0. The molecule has 0 aliphatic carbocycles. The van der Waals surface area contributed by atoms with Crippen molar-refractivity contribution in [3.63, 3.8) is 0 Å². The predicted molar refractivity (Wildman–Crippen MR) is 131 cm³/mol. The van der Waals surface area contributed by atoms with E-state index in [4.69, 9.17) is 14.2 Å². The number of pyridine rings is 1. The van der Waals surface area contributed by atoms with Crippen LogP contribution in [0.25, 0.3) is 0 Å². The Morgan fingerprint density at radius 1 is 1.06 bits per heavy atom. The van der Waals surface area contributed by atoms with E-state index in [1.54, 1.807) is 0 Å². The summed E-state index contributed by atoms with van der Waals surface area (Å²) >= 11 is 0. The fourth-order valence-electron chi connectivity index (χ4n) is 4.97. The van der Waals surface area contributed by atoms with Crippen molar-refractivity contribution >= 4 is 17.4 Å². The number of carbonyl (C=O) groups is 1. The number of anilines is 2. The molecule has 0 atom stereocenters. The lowest BCUT2D eigenvalue weighted by Gasteiger charge is -2.37. The van der Waals surface area contributed by atoms with E-state index >= 15 is 0 Å². The number of aromatic nitrogens is 1. The first-order chi connectivity index (χ1) is 16.5. The Hall–Kier alpha value is -3.00. The minimum Gasteiger partial charge on any atom is -0.486 e. The van der Waals surface area contributed by atoms with Crippen LogP contribution in [-0.4, -0.2) is 68.3 Å². The van der Waals surface area contributed by atoms with Gasteiger partial charge in [0.25, 0.3) is 0 Å². The third-order valence-electron chi connectivity index (χ3n) is 6.84. The number of para-hydroxylation sites is 1. The highest BCUT2D eigenvalue weighted by Gasteiger charge is 2.33. The van der Waals surface area contributed by atoms with Crippen LogP contribution in [0.15, 0.2) is 30.3 Å². The Labute approximate surface area is 201 Å². The van der Waals surface area contributed by atoms with Crippen LogP contribution in [-0.2, 0) is 10.2 Å². The molecule has 1 aromatic carbocycles. The highest BCUT2D eigenvalue weighted by molar-refractivity contribution is 5.94. The molecular weight excluding hydrogens is 432 g/mol. The van der Waals surface area contributed by atoms with E-state index < -0.39 is 0 Å². The second kappa shape index (κ2) is 9.70.